The molecule has 2 aliphatic heterocycles. The lowest BCUT2D eigenvalue weighted by Crippen LogP contribution is -2.32. The molecule has 0 bridgehead atoms. The SMILES string of the molecule is CN1C[C@@H]2CN(C(=O)c3ccoc3C3CC3)C[C@@H]2C1. The maximum atomic E-state index is 12.6. The summed E-state index contributed by atoms with van der Waals surface area (Å²) in [6.07, 6.45) is 4.01. The number of rotatable bonds is 2. The molecule has 19 heavy (non-hydrogen) atoms. The summed E-state index contributed by atoms with van der Waals surface area (Å²) in [5.41, 5.74) is 0.816. The van der Waals surface area contributed by atoms with Gasteiger partial charge in [-0.25, -0.2) is 0 Å². The molecule has 4 heteroatoms. The number of likely N-dealkylation sites (tertiary alicyclic amines) is 2. The van der Waals surface area contributed by atoms with Crippen LogP contribution in [0.1, 0.15) is 34.9 Å². The maximum absolute atomic E-state index is 12.6. The molecule has 0 unspecified atom stereocenters. The Morgan fingerprint density at radius 1 is 1.21 bits per heavy atom. The van der Waals surface area contributed by atoms with Crippen LogP contribution in [0.3, 0.4) is 0 Å². The molecule has 1 aromatic rings. The van der Waals surface area contributed by atoms with Gasteiger partial charge in [0.05, 0.1) is 11.8 Å². The Morgan fingerprint density at radius 3 is 2.53 bits per heavy atom. The fourth-order valence-electron chi connectivity index (χ4n) is 3.72. The summed E-state index contributed by atoms with van der Waals surface area (Å²) in [5, 5.41) is 0. The zero-order valence-corrected chi connectivity index (χ0v) is 11.3. The molecular formula is C15H20N2O2. The summed E-state index contributed by atoms with van der Waals surface area (Å²) in [5.74, 6) is 2.96. The van der Waals surface area contributed by atoms with Crippen molar-refractivity contribution in [2.24, 2.45) is 11.8 Å². The smallest absolute Gasteiger partial charge is 0.257 e. The Kier molecular flexibility index (Phi) is 2.49. The van der Waals surface area contributed by atoms with E-state index in [1.807, 2.05) is 11.0 Å². The lowest BCUT2D eigenvalue weighted by Gasteiger charge is -2.19. The van der Waals surface area contributed by atoms with Crippen molar-refractivity contribution in [3.8, 4) is 0 Å². The third kappa shape index (κ3) is 1.89. The molecule has 1 aliphatic carbocycles. The molecule has 0 radical (unpaired) electrons. The average Bonchev–Trinajstić information content (AvgIpc) is 2.83. The van der Waals surface area contributed by atoms with Crippen molar-refractivity contribution < 1.29 is 9.21 Å². The van der Waals surface area contributed by atoms with Crippen LogP contribution < -0.4 is 0 Å². The van der Waals surface area contributed by atoms with Gasteiger partial charge in [0.1, 0.15) is 5.76 Å². The highest BCUT2D eigenvalue weighted by atomic mass is 16.3. The van der Waals surface area contributed by atoms with Gasteiger partial charge in [0.2, 0.25) is 0 Å². The van der Waals surface area contributed by atoms with E-state index < -0.39 is 0 Å². The zero-order chi connectivity index (χ0) is 13.0. The third-order valence-electron chi connectivity index (χ3n) is 4.83. The molecule has 0 spiro atoms. The van der Waals surface area contributed by atoms with Crippen LogP contribution in [-0.2, 0) is 0 Å². The van der Waals surface area contributed by atoms with E-state index in [-0.39, 0.29) is 5.91 Å². The molecule has 102 valence electrons. The van der Waals surface area contributed by atoms with Crippen LogP contribution in [0, 0.1) is 11.8 Å². The number of amides is 1. The van der Waals surface area contributed by atoms with E-state index in [1.165, 1.54) is 12.8 Å². The second-order valence-corrected chi connectivity index (χ2v) is 6.42. The summed E-state index contributed by atoms with van der Waals surface area (Å²) in [4.78, 5) is 17.0. The predicted octanol–water partition coefficient (Wildman–Crippen LogP) is 1.79. The Hall–Kier alpha value is -1.29. The van der Waals surface area contributed by atoms with Gasteiger partial charge in [-0.2, -0.15) is 0 Å². The minimum absolute atomic E-state index is 0.188. The summed E-state index contributed by atoms with van der Waals surface area (Å²) >= 11 is 0. The van der Waals surface area contributed by atoms with E-state index in [9.17, 15) is 4.79 Å². The quantitative estimate of drug-likeness (QED) is 0.813. The predicted molar refractivity (Wildman–Crippen MR) is 71.1 cm³/mol. The van der Waals surface area contributed by atoms with E-state index in [1.54, 1.807) is 6.26 Å². The molecule has 3 aliphatic rings. The van der Waals surface area contributed by atoms with Crippen molar-refractivity contribution in [2.45, 2.75) is 18.8 Å². The summed E-state index contributed by atoms with van der Waals surface area (Å²) in [6.45, 7) is 4.11. The van der Waals surface area contributed by atoms with E-state index in [4.69, 9.17) is 4.42 Å². The molecule has 3 fully saturated rings. The van der Waals surface area contributed by atoms with Crippen LogP contribution in [0.25, 0.3) is 0 Å². The first kappa shape index (κ1) is 11.5. The monoisotopic (exact) mass is 260 g/mol. The van der Waals surface area contributed by atoms with Gasteiger partial charge in [-0.05, 0) is 37.8 Å². The number of nitrogens with zero attached hydrogens (tertiary/aromatic N) is 2. The van der Waals surface area contributed by atoms with E-state index in [0.717, 1.165) is 37.5 Å². The Balaban J connectivity index is 1.51. The van der Waals surface area contributed by atoms with Gasteiger partial charge in [-0.3, -0.25) is 4.79 Å². The fraction of sp³-hybridized carbons (Fsp3) is 0.667. The molecule has 1 amide bonds. The molecule has 2 atom stereocenters. The second-order valence-electron chi connectivity index (χ2n) is 6.42. The zero-order valence-electron chi connectivity index (χ0n) is 11.3. The van der Waals surface area contributed by atoms with Gasteiger partial charge in [-0.1, -0.05) is 0 Å². The van der Waals surface area contributed by atoms with Gasteiger partial charge in [-0.15, -0.1) is 0 Å². The first-order chi connectivity index (χ1) is 9.22. The van der Waals surface area contributed by atoms with Crippen LogP contribution in [-0.4, -0.2) is 48.9 Å². The number of fused-ring (bicyclic) bond motifs is 1. The lowest BCUT2D eigenvalue weighted by atomic mass is 10.0. The van der Waals surface area contributed by atoms with Crippen LogP contribution >= 0.6 is 0 Å². The second kappa shape index (κ2) is 4.10. The highest BCUT2D eigenvalue weighted by Gasteiger charge is 2.42. The standard InChI is InChI=1S/C15H20N2O2/c1-16-6-11-8-17(9-12(11)7-16)15(18)13-4-5-19-14(13)10-2-3-10/h4-5,10-12H,2-3,6-9H2,1H3/t11-,12+. The van der Waals surface area contributed by atoms with Crippen molar-refractivity contribution >= 4 is 5.91 Å². The van der Waals surface area contributed by atoms with Gasteiger partial charge < -0.3 is 14.2 Å². The average molecular weight is 260 g/mol. The molecule has 3 heterocycles. The minimum Gasteiger partial charge on any atom is -0.468 e. The lowest BCUT2D eigenvalue weighted by molar-refractivity contribution is 0.0773. The summed E-state index contributed by atoms with van der Waals surface area (Å²) in [6, 6.07) is 1.86. The van der Waals surface area contributed by atoms with E-state index >= 15 is 0 Å². The van der Waals surface area contributed by atoms with Crippen LogP contribution in [0.4, 0.5) is 0 Å². The van der Waals surface area contributed by atoms with Gasteiger partial charge in [0.25, 0.3) is 5.91 Å². The molecule has 2 saturated heterocycles. The van der Waals surface area contributed by atoms with Crippen LogP contribution in [0.15, 0.2) is 16.7 Å². The van der Waals surface area contributed by atoms with Crippen molar-refractivity contribution in [2.75, 3.05) is 33.2 Å². The topological polar surface area (TPSA) is 36.7 Å². The molecule has 4 rings (SSSR count). The van der Waals surface area contributed by atoms with E-state index in [2.05, 4.69) is 11.9 Å². The minimum atomic E-state index is 0.188. The molecule has 4 nitrogen and oxygen atoms in total. The normalized spacial score (nSPS) is 30.9. The van der Waals surface area contributed by atoms with Crippen molar-refractivity contribution in [3.05, 3.63) is 23.7 Å². The van der Waals surface area contributed by atoms with Crippen molar-refractivity contribution in [1.82, 2.24) is 9.80 Å². The highest BCUT2D eigenvalue weighted by molar-refractivity contribution is 5.95. The molecule has 0 N–H and O–H groups in total. The Bertz CT molecular complexity index is 492. The molecule has 0 aromatic carbocycles. The first-order valence-electron chi connectivity index (χ1n) is 7.27. The number of hydrogen-bond donors (Lipinski definition) is 0. The van der Waals surface area contributed by atoms with Crippen LogP contribution in [0.5, 0.6) is 0 Å². The number of carbonyl (C=O) groups is 1. The molecule has 1 aromatic heterocycles. The Morgan fingerprint density at radius 2 is 1.89 bits per heavy atom. The van der Waals surface area contributed by atoms with E-state index in [0.29, 0.717) is 17.8 Å². The fourth-order valence-corrected chi connectivity index (χ4v) is 3.72. The van der Waals surface area contributed by atoms with Crippen LogP contribution in [0.2, 0.25) is 0 Å². The summed E-state index contributed by atoms with van der Waals surface area (Å²) < 4.78 is 5.52. The number of hydrogen-bond acceptors (Lipinski definition) is 3. The maximum Gasteiger partial charge on any atom is 0.257 e. The molecule has 1 saturated carbocycles. The van der Waals surface area contributed by atoms with Gasteiger partial charge in [0.15, 0.2) is 0 Å². The van der Waals surface area contributed by atoms with Gasteiger partial charge in [0, 0.05) is 32.1 Å². The Labute approximate surface area is 113 Å². The third-order valence-corrected chi connectivity index (χ3v) is 4.83. The van der Waals surface area contributed by atoms with Gasteiger partial charge >= 0.3 is 0 Å². The molecular weight excluding hydrogens is 240 g/mol. The largest absolute Gasteiger partial charge is 0.468 e. The number of furan rings is 1. The van der Waals surface area contributed by atoms with Crippen molar-refractivity contribution in [1.29, 1.82) is 0 Å². The summed E-state index contributed by atoms with van der Waals surface area (Å²) in [7, 11) is 2.17. The first-order valence-corrected chi connectivity index (χ1v) is 7.27. The van der Waals surface area contributed by atoms with Crippen molar-refractivity contribution in [3.63, 3.8) is 0 Å². The highest BCUT2D eigenvalue weighted by Crippen LogP contribution is 2.42. The number of carbonyl (C=O) groups excluding carboxylic acids is 1.